The lowest BCUT2D eigenvalue weighted by Gasteiger charge is -2.32. The average Bonchev–Trinajstić information content (AvgIpc) is 3.53. The van der Waals surface area contributed by atoms with Gasteiger partial charge in [0.25, 0.3) is 0 Å². The Morgan fingerprint density at radius 3 is 2.79 bits per heavy atom. The molecule has 4 N–H and O–H groups in total. The summed E-state index contributed by atoms with van der Waals surface area (Å²) >= 11 is 0. The van der Waals surface area contributed by atoms with E-state index in [9.17, 15) is 5.26 Å². The van der Waals surface area contributed by atoms with Crippen molar-refractivity contribution in [2.75, 3.05) is 31.2 Å². The van der Waals surface area contributed by atoms with Crippen molar-refractivity contribution in [2.45, 2.75) is 37.1 Å². The molecule has 1 aliphatic carbocycles. The molecule has 0 saturated carbocycles. The number of piperidine rings is 1. The normalized spacial score (nSPS) is 28.1. The third-order valence-electron chi connectivity index (χ3n) is 8.31. The highest BCUT2D eigenvalue weighted by molar-refractivity contribution is 5.90. The minimum absolute atomic E-state index is 0.0693. The summed E-state index contributed by atoms with van der Waals surface area (Å²) < 4.78 is 0. The topological polar surface area (TPSA) is 89.5 Å². The predicted octanol–water partition coefficient (Wildman–Crippen LogP) is 3.16. The molecule has 0 bridgehead atoms. The van der Waals surface area contributed by atoms with Crippen molar-refractivity contribution < 1.29 is 0 Å². The molecular formula is C28H32N6. The highest BCUT2D eigenvalue weighted by Crippen LogP contribution is 2.42. The van der Waals surface area contributed by atoms with E-state index in [1.807, 2.05) is 6.20 Å². The smallest absolute Gasteiger partial charge is 0.111 e. The first kappa shape index (κ1) is 21.4. The minimum Gasteiger partial charge on any atom is -0.371 e. The zero-order chi connectivity index (χ0) is 23.1. The van der Waals surface area contributed by atoms with E-state index in [1.54, 1.807) is 0 Å². The number of hydrogen-bond donors (Lipinski definition) is 3. The predicted molar refractivity (Wildman–Crippen MR) is 136 cm³/mol. The fraction of sp³-hybridized carbons (Fsp3) is 0.429. The summed E-state index contributed by atoms with van der Waals surface area (Å²) in [6.45, 7) is 3.19. The molecule has 1 saturated heterocycles. The Morgan fingerprint density at radius 2 is 1.97 bits per heavy atom. The Kier molecular flexibility index (Phi) is 5.40. The monoisotopic (exact) mass is 452 g/mol. The van der Waals surface area contributed by atoms with Gasteiger partial charge in [-0.1, -0.05) is 36.4 Å². The van der Waals surface area contributed by atoms with Crippen molar-refractivity contribution in [1.82, 2.24) is 10.6 Å². The van der Waals surface area contributed by atoms with E-state index in [1.165, 1.54) is 27.9 Å². The van der Waals surface area contributed by atoms with Crippen LogP contribution in [0.1, 0.15) is 41.1 Å². The lowest BCUT2D eigenvalue weighted by molar-refractivity contribution is 0.455. The standard InChI is InChI=1S/C28H32N6/c29-16-19-7-10-34(11-8-19)24-5-4-21-14-28(17-30,15-22(21)13-24)23-3-1-2-20(12-23)26-25-6-9-31-27(25)33-18-32-26/h1-6,9,12-13,19,25-26,32H,7-8,10-11,14-15,17-18,30H2,(H,31,33). The molecule has 6 nitrogen and oxygen atoms in total. The number of nitrogens with one attached hydrogen (secondary N) is 2. The molecule has 34 heavy (non-hydrogen) atoms. The zero-order valence-corrected chi connectivity index (χ0v) is 19.5. The Hall–Kier alpha value is -3.14. The first-order valence-corrected chi connectivity index (χ1v) is 12.5. The number of amidine groups is 1. The van der Waals surface area contributed by atoms with E-state index in [0.29, 0.717) is 13.2 Å². The van der Waals surface area contributed by atoms with Crippen molar-refractivity contribution in [3.8, 4) is 6.07 Å². The van der Waals surface area contributed by atoms with Crippen molar-refractivity contribution in [3.05, 3.63) is 77.0 Å². The van der Waals surface area contributed by atoms with Gasteiger partial charge in [0.05, 0.1) is 18.7 Å². The number of anilines is 1. The Bertz CT molecular complexity index is 1190. The van der Waals surface area contributed by atoms with Gasteiger partial charge in [-0.15, -0.1) is 0 Å². The lowest BCUT2D eigenvalue weighted by Crippen LogP contribution is -2.39. The van der Waals surface area contributed by atoms with Gasteiger partial charge in [0.2, 0.25) is 0 Å². The number of nitriles is 1. The van der Waals surface area contributed by atoms with Crippen LogP contribution in [0, 0.1) is 23.2 Å². The zero-order valence-electron chi connectivity index (χ0n) is 19.5. The molecule has 0 amide bonds. The van der Waals surface area contributed by atoms with Crippen LogP contribution in [0.5, 0.6) is 0 Å². The highest BCUT2D eigenvalue weighted by atomic mass is 15.1. The second-order valence-electron chi connectivity index (χ2n) is 10.2. The van der Waals surface area contributed by atoms with Crippen molar-refractivity contribution in [2.24, 2.45) is 22.6 Å². The van der Waals surface area contributed by atoms with Crippen molar-refractivity contribution >= 4 is 11.5 Å². The summed E-state index contributed by atoms with van der Waals surface area (Å²) in [5.41, 5.74) is 13.2. The maximum atomic E-state index is 9.22. The molecule has 3 aliphatic heterocycles. The molecule has 6 heteroatoms. The second kappa shape index (κ2) is 8.57. The third-order valence-corrected chi connectivity index (χ3v) is 8.31. The number of benzene rings is 2. The fourth-order valence-corrected chi connectivity index (χ4v) is 6.26. The van der Waals surface area contributed by atoms with Gasteiger partial charge in [0.15, 0.2) is 0 Å². The SMILES string of the molecule is N#CC1CCN(c2ccc3c(c2)CC(CN)(c2cccc(C4NCN=C5NC=CC54)c2)C3)CC1. The van der Waals surface area contributed by atoms with E-state index < -0.39 is 0 Å². The lowest BCUT2D eigenvalue weighted by atomic mass is 9.76. The van der Waals surface area contributed by atoms with E-state index in [4.69, 9.17) is 5.73 Å². The molecule has 4 aliphatic rings. The number of aliphatic imine (C=N–C) groups is 1. The number of hydrogen-bond acceptors (Lipinski definition) is 6. The van der Waals surface area contributed by atoms with Crippen LogP contribution in [0.15, 0.2) is 59.7 Å². The average molecular weight is 453 g/mol. The largest absolute Gasteiger partial charge is 0.371 e. The highest BCUT2D eigenvalue weighted by Gasteiger charge is 2.39. The van der Waals surface area contributed by atoms with Crippen LogP contribution in [0.25, 0.3) is 0 Å². The molecule has 3 heterocycles. The first-order chi connectivity index (χ1) is 16.7. The van der Waals surface area contributed by atoms with Gasteiger partial charge in [-0.3, -0.25) is 10.3 Å². The number of fused-ring (bicyclic) bond motifs is 2. The van der Waals surface area contributed by atoms with E-state index in [2.05, 4.69) is 75.1 Å². The number of nitrogens with zero attached hydrogens (tertiary/aromatic N) is 3. The first-order valence-electron chi connectivity index (χ1n) is 12.5. The summed E-state index contributed by atoms with van der Waals surface area (Å²) in [4.78, 5) is 7.01. The second-order valence-corrected chi connectivity index (χ2v) is 10.2. The molecular weight excluding hydrogens is 420 g/mol. The molecule has 0 radical (unpaired) electrons. The molecule has 3 unspecified atom stereocenters. The molecule has 3 atom stereocenters. The fourth-order valence-electron chi connectivity index (χ4n) is 6.26. The summed E-state index contributed by atoms with van der Waals surface area (Å²) in [6.07, 6.45) is 8.08. The number of rotatable bonds is 4. The molecule has 2 aromatic rings. The third kappa shape index (κ3) is 3.60. The Labute approximate surface area is 201 Å². The Balaban J connectivity index is 1.26. The maximum absolute atomic E-state index is 9.22. The molecule has 2 aromatic carbocycles. The van der Waals surface area contributed by atoms with E-state index in [-0.39, 0.29) is 23.3 Å². The van der Waals surface area contributed by atoms with Gasteiger partial charge in [-0.2, -0.15) is 5.26 Å². The van der Waals surface area contributed by atoms with Gasteiger partial charge >= 0.3 is 0 Å². The van der Waals surface area contributed by atoms with E-state index in [0.717, 1.165) is 44.6 Å². The van der Waals surface area contributed by atoms with Crippen LogP contribution in [0.3, 0.4) is 0 Å². The summed E-state index contributed by atoms with van der Waals surface area (Å²) in [5, 5.41) is 16.1. The van der Waals surface area contributed by atoms with E-state index >= 15 is 0 Å². The van der Waals surface area contributed by atoms with Crippen LogP contribution in [-0.2, 0) is 18.3 Å². The van der Waals surface area contributed by atoms with Gasteiger partial charge in [0.1, 0.15) is 5.84 Å². The van der Waals surface area contributed by atoms with Gasteiger partial charge in [0, 0.05) is 42.7 Å². The maximum Gasteiger partial charge on any atom is 0.111 e. The molecule has 174 valence electrons. The van der Waals surface area contributed by atoms with Crippen LogP contribution >= 0.6 is 0 Å². The molecule has 1 fully saturated rings. The quantitative estimate of drug-likeness (QED) is 0.663. The molecule has 6 rings (SSSR count). The van der Waals surface area contributed by atoms with Gasteiger partial charge < -0.3 is 16.0 Å². The minimum atomic E-state index is -0.0693. The molecule has 0 aromatic heterocycles. The molecule has 0 spiro atoms. The van der Waals surface area contributed by atoms with Crippen molar-refractivity contribution in [3.63, 3.8) is 0 Å². The van der Waals surface area contributed by atoms with Crippen LogP contribution in [0.2, 0.25) is 0 Å². The summed E-state index contributed by atoms with van der Waals surface area (Å²) in [7, 11) is 0. The van der Waals surface area contributed by atoms with Crippen LogP contribution in [0.4, 0.5) is 5.69 Å². The summed E-state index contributed by atoms with van der Waals surface area (Å²) in [5.74, 6) is 1.52. The van der Waals surface area contributed by atoms with Gasteiger partial charge in [-0.25, -0.2) is 0 Å². The van der Waals surface area contributed by atoms with Gasteiger partial charge in [-0.05, 0) is 66.3 Å². The summed E-state index contributed by atoms with van der Waals surface area (Å²) in [6, 6.07) is 18.7. The van der Waals surface area contributed by atoms with Crippen LogP contribution < -0.4 is 21.3 Å². The number of nitrogens with two attached hydrogens (primary N) is 1. The van der Waals surface area contributed by atoms with Crippen molar-refractivity contribution in [1.29, 1.82) is 5.26 Å². The van der Waals surface area contributed by atoms with Crippen LogP contribution in [-0.4, -0.2) is 32.1 Å². The Morgan fingerprint density at radius 1 is 1.12 bits per heavy atom.